The summed E-state index contributed by atoms with van der Waals surface area (Å²) in [5.41, 5.74) is 3.08. The minimum absolute atomic E-state index is 0.0637. The number of hydrogen-bond donors (Lipinski definition) is 2. The molecule has 30 heavy (non-hydrogen) atoms. The molecule has 0 radical (unpaired) electrons. The molecule has 2 aromatic carbocycles. The van der Waals surface area contributed by atoms with E-state index in [1.165, 1.54) is 24.2 Å². The molecule has 7 heteroatoms. The van der Waals surface area contributed by atoms with Crippen LogP contribution in [0, 0.1) is 6.92 Å². The number of amides is 2. The average molecular weight is 404 g/mol. The summed E-state index contributed by atoms with van der Waals surface area (Å²) in [6, 6.07) is 15.2. The van der Waals surface area contributed by atoms with E-state index < -0.39 is 0 Å². The predicted molar refractivity (Wildman–Crippen MR) is 114 cm³/mol. The third-order valence-corrected chi connectivity index (χ3v) is 4.32. The van der Waals surface area contributed by atoms with Crippen LogP contribution in [0.2, 0.25) is 0 Å². The number of carbonyl (C=O) groups excluding carboxylic acids is 2. The minimum atomic E-state index is -0.284. The van der Waals surface area contributed by atoms with Crippen LogP contribution in [0.4, 0.5) is 5.69 Å². The average Bonchev–Trinajstić information content (AvgIpc) is 2.78. The fourth-order valence-corrected chi connectivity index (χ4v) is 2.68. The number of aromatic nitrogens is 2. The number of hydrogen-bond acceptors (Lipinski definition) is 5. The quantitative estimate of drug-likeness (QED) is 0.533. The molecule has 0 atom stereocenters. The molecule has 0 saturated carbocycles. The van der Waals surface area contributed by atoms with Gasteiger partial charge in [0.1, 0.15) is 11.4 Å². The molecule has 3 aromatic rings. The highest BCUT2D eigenvalue weighted by Gasteiger charge is 2.07. The molecule has 0 bridgehead atoms. The number of aryl methyl sites for hydroxylation is 1. The second kappa shape index (κ2) is 10.7. The van der Waals surface area contributed by atoms with Crippen molar-refractivity contribution in [1.82, 2.24) is 15.3 Å². The molecule has 0 fully saturated rings. The van der Waals surface area contributed by atoms with Crippen LogP contribution < -0.4 is 15.4 Å². The Hall–Kier alpha value is -3.74. The zero-order chi connectivity index (χ0) is 21.2. The lowest BCUT2D eigenvalue weighted by molar-refractivity contribution is -0.116. The van der Waals surface area contributed by atoms with Crippen molar-refractivity contribution in [2.75, 3.05) is 11.9 Å². The van der Waals surface area contributed by atoms with E-state index >= 15 is 0 Å². The summed E-state index contributed by atoms with van der Waals surface area (Å²) in [5, 5.41) is 5.65. The van der Waals surface area contributed by atoms with Crippen LogP contribution in [0.25, 0.3) is 0 Å². The van der Waals surface area contributed by atoms with Crippen molar-refractivity contribution in [1.29, 1.82) is 0 Å². The maximum Gasteiger partial charge on any atom is 0.271 e. The van der Waals surface area contributed by atoms with Crippen molar-refractivity contribution < 1.29 is 14.3 Å². The SMILES string of the molecule is Cc1ccc(OCCCC(=O)Nc2ccc(CNC(=O)c3cnccn3)cc2)cc1. The van der Waals surface area contributed by atoms with E-state index in [2.05, 4.69) is 20.6 Å². The standard InChI is InChI=1S/C23H24N4O3/c1-17-4-10-20(11-5-17)30-14-2-3-22(28)27-19-8-6-18(7-9-19)15-26-23(29)21-16-24-12-13-25-21/h4-13,16H,2-3,14-15H2,1H3,(H,26,29)(H,27,28). The Morgan fingerprint density at radius 3 is 2.47 bits per heavy atom. The number of nitrogens with one attached hydrogen (secondary N) is 2. The van der Waals surface area contributed by atoms with Crippen molar-refractivity contribution in [2.45, 2.75) is 26.3 Å². The van der Waals surface area contributed by atoms with E-state index in [9.17, 15) is 9.59 Å². The van der Waals surface area contributed by atoms with Crippen LogP contribution >= 0.6 is 0 Å². The van der Waals surface area contributed by atoms with E-state index in [1.54, 1.807) is 0 Å². The van der Waals surface area contributed by atoms with Gasteiger partial charge in [0.15, 0.2) is 0 Å². The summed E-state index contributed by atoms with van der Waals surface area (Å²) in [4.78, 5) is 31.9. The number of ether oxygens (including phenoxy) is 1. The van der Waals surface area contributed by atoms with Gasteiger partial charge >= 0.3 is 0 Å². The fourth-order valence-electron chi connectivity index (χ4n) is 2.68. The number of nitrogens with zero attached hydrogens (tertiary/aromatic N) is 2. The van der Waals surface area contributed by atoms with Crippen molar-refractivity contribution in [3.05, 3.63) is 83.9 Å². The van der Waals surface area contributed by atoms with Crippen molar-refractivity contribution in [3.8, 4) is 5.75 Å². The Balaban J connectivity index is 1.36. The molecule has 3 rings (SSSR count). The number of benzene rings is 2. The van der Waals surface area contributed by atoms with Gasteiger partial charge in [-0.15, -0.1) is 0 Å². The lowest BCUT2D eigenvalue weighted by atomic mass is 10.2. The monoisotopic (exact) mass is 404 g/mol. The van der Waals surface area contributed by atoms with Crippen LogP contribution in [0.15, 0.2) is 67.1 Å². The van der Waals surface area contributed by atoms with Crippen LogP contribution in [0.1, 0.15) is 34.5 Å². The highest BCUT2D eigenvalue weighted by atomic mass is 16.5. The van der Waals surface area contributed by atoms with Gasteiger partial charge < -0.3 is 15.4 Å². The van der Waals surface area contributed by atoms with E-state index in [1.807, 2.05) is 55.5 Å². The lowest BCUT2D eigenvalue weighted by Crippen LogP contribution is -2.23. The third kappa shape index (κ3) is 6.70. The molecule has 0 aliphatic rings. The molecule has 1 heterocycles. The molecular weight excluding hydrogens is 380 g/mol. The molecule has 0 aliphatic heterocycles. The second-order valence-electron chi connectivity index (χ2n) is 6.78. The Labute approximate surface area is 175 Å². The zero-order valence-electron chi connectivity index (χ0n) is 16.8. The van der Waals surface area contributed by atoms with E-state index in [0.717, 1.165) is 11.3 Å². The molecule has 1 aromatic heterocycles. The number of anilines is 1. The molecular formula is C23H24N4O3. The normalized spacial score (nSPS) is 10.3. The fraction of sp³-hybridized carbons (Fsp3) is 0.217. The minimum Gasteiger partial charge on any atom is -0.494 e. The zero-order valence-corrected chi connectivity index (χ0v) is 16.8. The van der Waals surface area contributed by atoms with Crippen molar-refractivity contribution in [2.24, 2.45) is 0 Å². The lowest BCUT2D eigenvalue weighted by Gasteiger charge is -2.09. The molecule has 2 amide bonds. The number of rotatable bonds is 9. The van der Waals surface area contributed by atoms with Crippen LogP contribution in [-0.4, -0.2) is 28.4 Å². The van der Waals surface area contributed by atoms with Gasteiger partial charge in [-0.2, -0.15) is 0 Å². The van der Waals surface area contributed by atoms with Crippen LogP contribution in [0.3, 0.4) is 0 Å². The highest BCUT2D eigenvalue weighted by Crippen LogP contribution is 2.13. The first kappa shape index (κ1) is 21.0. The second-order valence-corrected chi connectivity index (χ2v) is 6.78. The largest absolute Gasteiger partial charge is 0.494 e. The van der Waals surface area contributed by atoms with E-state index in [4.69, 9.17) is 4.74 Å². The first-order chi connectivity index (χ1) is 14.6. The Morgan fingerprint density at radius 2 is 1.77 bits per heavy atom. The van der Waals surface area contributed by atoms with Gasteiger partial charge in [0, 0.05) is 31.0 Å². The smallest absolute Gasteiger partial charge is 0.271 e. The summed E-state index contributed by atoms with van der Waals surface area (Å²) < 4.78 is 5.63. The molecule has 0 spiro atoms. The highest BCUT2D eigenvalue weighted by molar-refractivity contribution is 5.92. The Bertz CT molecular complexity index is 958. The number of carbonyl (C=O) groups is 2. The van der Waals surface area contributed by atoms with Crippen molar-refractivity contribution >= 4 is 17.5 Å². The van der Waals surface area contributed by atoms with Gasteiger partial charge in [-0.3, -0.25) is 14.6 Å². The first-order valence-corrected chi connectivity index (χ1v) is 9.72. The van der Waals surface area contributed by atoms with E-state index in [0.29, 0.717) is 31.7 Å². The maximum atomic E-state index is 12.1. The molecule has 0 aliphatic carbocycles. The van der Waals surface area contributed by atoms with Gasteiger partial charge in [0.25, 0.3) is 5.91 Å². The van der Waals surface area contributed by atoms with Gasteiger partial charge in [-0.1, -0.05) is 29.8 Å². The molecule has 154 valence electrons. The summed E-state index contributed by atoms with van der Waals surface area (Å²) in [6.45, 7) is 2.87. The van der Waals surface area contributed by atoms with Crippen molar-refractivity contribution in [3.63, 3.8) is 0 Å². The maximum absolute atomic E-state index is 12.1. The predicted octanol–water partition coefficient (Wildman–Crippen LogP) is 3.51. The first-order valence-electron chi connectivity index (χ1n) is 9.72. The summed E-state index contributed by atoms with van der Waals surface area (Å²) in [6.07, 6.45) is 5.41. The van der Waals surface area contributed by atoms with Crippen LogP contribution in [0.5, 0.6) is 5.75 Å². The molecule has 2 N–H and O–H groups in total. The Kier molecular flexibility index (Phi) is 7.49. The molecule has 0 unspecified atom stereocenters. The van der Waals surface area contributed by atoms with Gasteiger partial charge in [0.2, 0.25) is 5.91 Å². The van der Waals surface area contributed by atoms with Gasteiger partial charge in [0.05, 0.1) is 12.8 Å². The summed E-state index contributed by atoms with van der Waals surface area (Å²) in [5.74, 6) is 0.461. The third-order valence-electron chi connectivity index (χ3n) is 4.32. The molecule has 0 saturated heterocycles. The van der Waals surface area contributed by atoms with Gasteiger partial charge in [-0.25, -0.2) is 4.98 Å². The summed E-state index contributed by atoms with van der Waals surface area (Å²) >= 11 is 0. The van der Waals surface area contributed by atoms with Gasteiger partial charge in [-0.05, 0) is 43.2 Å². The summed E-state index contributed by atoms with van der Waals surface area (Å²) in [7, 11) is 0. The Morgan fingerprint density at radius 1 is 1.00 bits per heavy atom. The molecule has 7 nitrogen and oxygen atoms in total. The van der Waals surface area contributed by atoms with Crippen LogP contribution in [-0.2, 0) is 11.3 Å². The topological polar surface area (TPSA) is 93.2 Å². The van der Waals surface area contributed by atoms with E-state index in [-0.39, 0.29) is 17.5 Å².